The summed E-state index contributed by atoms with van der Waals surface area (Å²) in [4.78, 5) is 14.1. The molecule has 0 radical (unpaired) electrons. The second-order valence-electron chi connectivity index (χ2n) is 5.15. The van der Waals surface area contributed by atoms with Crippen LogP contribution in [0.2, 0.25) is 0 Å². The number of carbonyl (C=O) groups is 1. The van der Waals surface area contributed by atoms with Gasteiger partial charge < -0.3 is 9.64 Å². The van der Waals surface area contributed by atoms with Gasteiger partial charge in [0.1, 0.15) is 0 Å². The largest absolute Gasteiger partial charge is 0.469 e. The highest BCUT2D eigenvalue weighted by Crippen LogP contribution is 2.30. The predicted molar refractivity (Wildman–Crippen MR) is 71.4 cm³/mol. The Labute approximate surface area is 109 Å². The molecule has 0 spiro atoms. The minimum Gasteiger partial charge on any atom is -0.469 e. The molecule has 0 amide bonds. The third kappa shape index (κ3) is 3.57. The molecule has 1 aromatic rings. The number of nitrogens with zero attached hydrogens (tertiary/aromatic N) is 1. The molecule has 18 heavy (non-hydrogen) atoms. The summed E-state index contributed by atoms with van der Waals surface area (Å²) >= 11 is 0. The second kappa shape index (κ2) is 6.01. The number of carbonyl (C=O) groups excluding carboxylic acids is 1. The van der Waals surface area contributed by atoms with Crippen molar-refractivity contribution >= 4 is 5.97 Å². The van der Waals surface area contributed by atoms with E-state index in [1.54, 1.807) is 0 Å². The van der Waals surface area contributed by atoms with E-state index in [1.807, 2.05) is 30.3 Å². The molecule has 0 heterocycles. The number of rotatable bonds is 6. The average molecular weight is 247 g/mol. The normalized spacial score (nSPS) is 16.6. The summed E-state index contributed by atoms with van der Waals surface area (Å²) in [6, 6.07) is 9.88. The van der Waals surface area contributed by atoms with Gasteiger partial charge in [-0.15, -0.1) is 0 Å². The zero-order valence-electron chi connectivity index (χ0n) is 11.1. The Morgan fingerprint density at radius 3 is 2.61 bits per heavy atom. The molecule has 1 aromatic carbocycles. The van der Waals surface area contributed by atoms with E-state index in [-0.39, 0.29) is 11.9 Å². The molecule has 0 N–H and O–H groups in total. The lowest BCUT2D eigenvalue weighted by atomic mass is 9.98. The monoisotopic (exact) mass is 247 g/mol. The summed E-state index contributed by atoms with van der Waals surface area (Å²) in [5.74, 6) is 0.507. The molecule has 3 nitrogen and oxygen atoms in total. The first-order valence-corrected chi connectivity index (χ1v) is 6.52. The van der Waals surface area contributed by atoms with E-state index in [0.717, 1.165) is 24.6 Å². The number of ether oxygens (including phenoxy) is 1. The minimum absolute atomic E-state index is 0.149. The Bertz CT molecular complexity index is 387. The molecule has 1 saturated carbocycles. The Kier molecular flexibility index (Phi) is 4.37. The van der Waals surface area contributed by atoms with Crippen LogP contribution >= 0.6 is 0 Å². The third-order valence-electron chi connectivity index (χ3n) is 3.45. The SMILES string of the molecule is COC(=O)C(CN(C)CC1CC1)c1ccccc1. The molecule has 0 bridgehead atoms. The van der Waals surface area contributed by atoms with E-state index in [4.69, 9.17) is 4.74 Å². The molecule has 0 aliphatic heterocycles. The van der Waals surface area contributed by atoms with Crippen LogP contribution in [0.4, 0.5) is 0 Å². The fraction of sp³-hybridized carbons (Fsp3) is 0.533. The number of hydrogen-bond donors (Lipinski definition) is 0. The van der Waals surface area contributed by atoms with E-state index in [2.05, 4.69) is 11.9 Å². The van der Waals surface area contributed by atoms with Gasteiger partial charge in [-0.05, 0) is 31.4 Å². The Hall–Kier alpha value is -1.35. The molecule has 98 valence electrons. The van der Waals surface area contributed by atoms with Gasteiger partial charge in [0.25, 0.3) is 0 Å². The molecule has 1 atom stereocenters. The molecular weight excluding hydrogens is 226 g/mol. The molecule has 3 heteroatoms. The van der Waals surface area contributed by atoms with Crippen molar-refractivity contribution in [2.75, 3.05) is 27.2 Å². The number of methoxy groups -OCH3 is 1. The van der Waals surface area contributed by atoms with Crippen LogP contribution in [0.1, 0.15) is 24.3 Å². The number of esters is 1. The summed E-state index contributed by atoms with van der Waals surface area (Å²) in [6.07, 6.45) is 2.66. The molecule has 0 saturated heterocycles. The maximum Gasteiger partial charge on any atom is 0.314 e. The summed E-state index contributed by atoms with van der Waals surface area (Å²) in [6.45, 7) is 1.81. The van der Waals surface area contributed by atoms with E-state index in [9.17, 15) is 4.79 Å². The van der Waals surface area contributed by atoms with Crippen LogP contribution in [-0.2, 0) is 9.53 Å². The van der Waals surface area contributed by atoms with Crippen molar-refractivity contribution in [2.45, 2.75) is 18.8 Å². The lowest BCUT2D eigenvalue weighted by Crippen LogP contribution is -2.31. The van der Waals surface area contributed by atoms with Crippen molar-refractivity contribution in [1.29, 1.82) is 0 Å². The van der Waals surface area contributed by atoms with Gasteiger partial charge in [-0.1, -0.05) is 30.3 Å². The lowest BCUT2D eigenvalue weighted by Gasteiger charge is -2.22. The fourth-order valence-corrected chi connectivity index (χ4v) is 2.27. The van der Waals surface area contributed by atoms with Crippen LogP contribution < -0.4 is 0 Å². The summed E-state index contributed by atoms with van der Waals surface area (Å²) in [5, 5.41) is 0. The van der Waals surface area contributed by atoms with Crippen molar-refractivity contribution in [3.8, 4) is 0 Å². The standard InChI is InChI=1S/C15H21NO2/c1-16(10-12-8-9-12)11-14(15(17)18-2)13-6-4-3-5-7-13/h3-7,12,14H,8-11H2,1-2H3. The predicted octanol–water partition coefficient (Wildman–Crippen LogP) is 2.29. The van der Waals surface area contributed by atoms with Gasteiger partial charge in [-0.2, -0.15) is 0 Å². The van der Waals surface area contributed by atoms with Gasteiger partial charge in [0, 0.05) is 13.1 Å². The van der Waals surface area contributed by atoms with Gasteiger partial charge in [-0.3, -0.25) is 4.79 Å². The van der Waals surface area contributed by atoms with Gasteiger partial charge in [0.15, 0.2) is 0 Å². The zero-order valence-corrected chi connectivity index (χ0v) is 11.1. The van der Waals surface area contributed by atoms with Gasteiger partial charge in [0.2, 0.25) is 0 Å². The smallest absolute Gasteiger partial charge is 0.314 e. The number of likely N-dealkylation sites (N-methyl/N-ethyl adjacent to an activating group) is 1. The minimum atomic E-state index is -0.181. The van der Waals surface area contributed by atoms with Gasteiger partial charge in [-0.25, -0.2) is 0 Å². The summed E-state index contributed by atoms with van der Waals surface area (Å²) in [5.41, 5.74) is 1.03. The first-order chi connectivity index (χ1) is 8.70. The quantitative estimate of drug-likeness (QED) is 0.722. The van der Waals surface area contributed by atoms with Crippen LogP contribution in [0, 0.1) is 5.92 Å². The first kappa shape index (κ1) is 13.1. The van der Waals surface area contributed by atoms with E-state index in [1.165, 1.54) is 20.0 Å². The number of hydrogen-bond acceptors (Lipinski definition) is 3. The third-order valence-corrected chi connectivity index (χ3v) is 3.45. The first-order valence-electron chi connectivity index (χ1n) is 6.52. The Morgan fingerprint density at radius 2 is 2.06 bits per heavy atom. The highest BCUT2D eigenvalue weighted by atomic mass is 16.5. The van der Waals surface area contributed by atoms with E-state index < -0.39 is 0 Å². The Morgan fingerprint density at radius 1 is 1.39 bits per heavy atom. The van der Waals surface area contributed by atoms with Crippen molar-refractivity contribution in [3.05, 3.63) is 35.9 Å². The highest BCUT2D eigenvalue weighted by Gasteiger charge is 2.27. The molecule has 1 unspecified atom stereocenters. The van der Waals surface area contributed by atoms with E-state index in [0.29, 0.717) is 0 Å². The molecule has 0 aromatic heterocycles. The molecule has 1 aliphatic carbocycles. The second-order valence-corrected chi connectivity index (χ2v) is 5.15. The Balaban J connectivity index is 2.02. The highest BCUT2D eigenvalue weighted by molar-refractivity contribution is 5.78. The molecule has 1 aliphatic rings. The van der Waals surface area contributed by atoms with Crippen molar-refractivity contribution < 1.29 is 9.53 Å². The summed E-state index contributed by atoms with van der Waals surface area (Å²) in [7, 11) is 3.54. The van der Waals surface area contributed by atoms with Gasteiger partial charge >= 0.3 is 5.97 Å². The van der Waals surface area contributed by atoms with Crippen molar-refractivity contribution in [2.24, 2.45) is 5.92 Å². The van der Waals surface area contributed by atoms with Gasteiger partial charge in [0.05, 0.1) is 13.0 Å². The average Bonchev–Trinajstić information content (AvgIpc) is 3.20. The summed E-state index contributed by atoms with van der Waals surface area (Å²) < 4.78 is 4.92. The maximum atomic E-state index is 11.9. The van der Waals surface area contributed by atoms with Crippen molar-refractivity contribution in [3.63, 3.8) is 0 Å². The maximum absolute atomic E-state index is 11.9. The van der Waals surface area contributed by atoms with Crippen LogP contribution in [0.25, 0.3) is 0 Å². The lowest BCUT2D eigenvalue weighted by molar-refractivity contribution is -0.142. The van der Waals surface area contributed by atoms with Crippen LogP contribution in [0.3, 0.4) is 0 Å². The topological polar surface area (TPSA) is 29.5 Å². The van der Waals surface area contributed by atoms with Crippen molar-refractivity contribution in [1.82, 2.24) is 4.90 Å². The zero-order chi connectivity index (χ0) is 13.0. The van der Waals surface area contributed by atoms with Crippen LogP contribution in [-0.4, -0.2) is 38.1 Å². The molecule has 2 rings (SSSR count). The number of benzene rings is 1. The van der Waals surface area contributed by atoms with Crippen LogP contribution in [0.15, 0.2) is 30.3 Å². The van der Waals surface area contributed by atoms with Crippen LogP contribution in [0.5, 0.6) is 0 Å². The van der Waals surface area contributed by atoms with E-state index >= 15 is 0 Å². The molecular formula is C15H21NO2. The fourth-order valence-electron chi connectivity index (χ4n) is 2.27. The molecule has 1 fully saturated rings.